The van der Waals surface area contributed by atoms with Crippen molar-refractivity contribution in [2.24, 2.45) is 4.99 Å². The second-order valence-electron chi connectivity index (χ2n) is 6.98. The molecule has 0 saturated carbocycles. The van der Waals surface area contributed by atoms with Gasteiger partial charge in [0.15, 0.2) is 5.96 Å². The van der Waals surface area contributed by atoms with Crippen molar-refractivity contribution in [2.45, 2.75) is 73.4 Å². The fraction of sp³-hybridized carbons (Fsp3) is 0.800. The van der Waals surface area contributed by atoms with Crippen LogP contribution < -0.4 is 10.6 Å². The highest BCUT2D eigenvalue weighted by Gasteiger charge is 2.06. The van der Waals surface area contributed by atoms with E-state index in [-0.39, 0.29) is 24.0 Å². The smallest absolute Gasteiger partial charge is 0.191 e. The van der Waals surface area contributed by atoms with Gasteiger partial charge < -0.3 is 15.5 Å². The molecule has 27 heavy (non-hydrogen) atoms. The zero-order valence-corrected chi connectivity index (χ0v) is 20.5. The molecule has 0 amide bonds. The zero-order valence-electron chi connectivity index (χ0n) is 18.2. The van der Waals surface area contributed by atoms with Crippen molar-refractivity contribution in [3.05, 3.63) is 17.5 Å². The first-order valence-corrected chi connectivity index (χ1v) is 10.3. The minimum atomic E-state index is 0. The van der Waals surface area contributed by atoms with Gasteiger partial charge in [0, 0.05) is 31.4 Å². The molecule has 158 valence electrons. The number of halogens is 1. The Morgan fingerprint density at radius 3 is 2.48 bits per heavy atom. The maximum absolute atomic E-state index is 4.72. The Morgan fingerprint density at radius 1 is 1.22 bits per heavy atom. The van der Waals surface area contributed by atoms with Gasteiger partial charge in [-0.2, -0.15) is 5.10 Å². The van der Waals surface area contributed by atoms with E-state index in [9.17, 15) is 0 Å². The van der Waals surface area contributed by atoms with E-state index >= 15 is 0 Å². The summed E-state index contributed by atoms with van der Waals surface area (Å²) in [7, 11) is 0. The van der Waals surface area contributed by atoms with Gasteiger partial charge in [-0.1, -0.05) is 13.8 Å². The number of rotatable bonds is 12. The van der Waals surface area contributed by atoms with Crippen LogP contribution in [0.1, 0.15) is 58.3 Å². The molecule has 0 aliphatic carbocycles. The highest BCUT2D eigenvalue weighted by Crippen LogP contribution is 2.03. The molecule has 0 aromatic carbocycles. The fourth-order valence-electron chi connectivity index (χ4n) is 3.10. The van der Waals surface area contributed by atoms with Gasteiger partial charge in [-0.3, -0.25) is 9.67 Å². The van der Waals surface area contributed by atoms with Gasteiger partial charge in [-0.25, -0.2) is 0 Å². The molecule has 7 heteroatoms. The number of aryl methyl sites for hydroxylation is 3. The molecule has 1 atom stereocenters. The molecule has 0 saturated heterocycles. The summed E-state index contributed by atoms with van der Waals surface area (Å²) in [6.45, 7) is 19.0. The number of aliphatic imine (C=N–C) groups is 1. The van der Waals surface area contributed by atoms with Crippen LogP contribution in [0.5, 0.6) is 0 Å². The summed E-state index contributed by atoms with van der Waals surface area (Å²) in [6.07, 6.45) is 3.37. The fourth-order valence-corrected chi connectivity index (χ4v) is 3.10. The lowest BCUT2D eigenvalue weighted by Gasteiger charge is -2.21. The van der Waals surface area contributed by atoms with Gasteiger partial charge in [-0.05, 0) is 72.7 Å². The van der Waals surface area contributed by atoms with E-state index in [4.69, 9.17) is 4.99 Å². The molecular weight excluding hydrogens is 451 g/mol. The van der Waals surface area contributed by atoms with Crippen LogP contribution in [0.2, 0.25) is 0 Å². The minimum Gasteiger partial charge on any atom is -0.357 e. The lowest BCUT2D eigenvalue weighted by atomic mass is 10.2. The first kappa shape index (κ1) is 26.2. The number of aromatic nitrogens is 2. The highest BCUT2D eigenvalue weighted by molar-refractivity contribution is 14.0. The van der Waals surface area contributed by atoms with Gasteiger partial charge >= 0.3 is 0 Å². The SMILES string of the molecule is CCNC(=NCCCn1nc(C)cc1C)NC(C)CCCN(CC)CC.I. The second kappa shape index (κ2) is 15.1. The maximum Gasteiger partial charge on any atom is 0.191 e. The Morgan fingerprint density at radius 2 is 1.93 bits per heavy atom. The standard InChI is InChI=1S/C20H40N6.HI/c1-7-21-20(23-17(4)12-10-14-25(8-2)9-3)22-13-11-15-26-19(6)16-18(5)24-26;/h16-17H,7-15H2,1-6H3,(H2,21,22,23);1H. The van der Waals surface area contributed by atoms with Crippen molar-refractivity contribution in [2.75, 3.05) is 32.7 Å². The summed E-state index contributed by atoms with van der Waals surface area (Å²) in [5.41, 5.74) is 2.30. The molecule has 2 N–H and O–H groups in total. The quantitative estimate of drug-likeness (QED) is 0.203. The van der Waals surface area contributed by atoms with Gasteiger partial charge in [0.25, 0.3) is 0 Å². The molecule has 1 heterocycles. The largest absolute Gasteiger partial charge is 0.357 e. The van der Waals surface area contributed by atoms with E-state index in [1.165, 1.54) is 18.7 Å². The van der Waals surface area contributed by atoms with E-state index in [1.54, 1.807) is 0 Å². The van der Waals surface area contributed by atoms with Crippen LogP contribution in [-0.2, 0) is 6.54 Å². The molecular formula is C20H41IN6. The highest BCUT2D eigenvalue weighted by atomic mass is 127. The molecule has 0 radical (unpaired) electrons. The van der Waals surface area contributed by atoms with Crippen molar-refractivity contribution in [1.82, 2.24) is 25.3 Å². The average molecular weight is 492 g/mol. The third kappa shape index (κ3) is 10.9. The summed E-state index contributed by atoms with van der Waals surface area (Å²) in [4.78, 5) is 7.20. The van der Waals surface area contributed by atoms with E-state index < -0.39 is 0 Å². The lowest BCUT2D eigenvalue weighted by molar-refractivity contribution is 0.292. The Labute approximate surface area is 183 Å². The van der Waals surface area contributed by atoms with Crippen LogP contribution in [0.25, 0.3) is 0 Å². The topological polar surface area (TPSA) is 57.5 Å². The van der Waals surface area contributed by atoms with Crippen LogP contribution in [0.4, 0.5) is 0 Å². The van der Waals surface area contributed by atoms with Gasteiger partial charge in [0.2, 0.25) is 0 Å². The number of hydrogen-bond donors (Lipinski definition) is 2. The predicted molar refractivity (Wildman–Crippen MR) is 127 cm³/mol. The van der Waals surface area contributed by atoms with E-state index in [0.717, 1.165) is 57.2 Å². The average Bonchev–Trinajstić information content (AvgIpc) is 2.93. The Hall–Kier alpha value is -0.830. The van der Waals surface area contributed by atoms with Gasteiger partial charge in [-0.15, -0.1) is 24.0 Å². The lowest BCUT2D eigenvalue weighted by Crippen LogP contribution is -2.42. The van der Waals surface area contributed by atoms with Crippen molar-refractivity contribution in [1.29, 1.82) is 0 Å². The normalized spacial score (nSPS) is 12.8. The molecule has 0 aliphatic rings. The Kier molecular flexibility index (Phi) is 14.7. The molecule has 0 fully saturated rings. The maximum atomic E-state index is 4.72. The third-order valence-electron chi connectivity index (χ3n) is 4.63. The first-order chi connectivity index (χ1) is 12.5. The molecule has 1 rings (SSSR count). The van der Waals surface area contributed by atoms with Crippen molar-refractivity contribution < 1.29 is 0 Å². The zero-order chi connectivity index (χ0) is 19.4. The van der Waals surface area contributed by atoms with Crippen molar-refractivity contribution in [3.8, 4) is 0 Å². The van der Waals surface area contributed by atoms with Crippen molar-refractivity contribution in [3.63, 3.8) is 0 Å². The molecule has 6 nitrogen and oxygen atoms in total. The first-order valence-electron chi connectivity index (χ1n) is 10.3. The molecule has 1 aromatic rings. The number of hydrogen-bond acceptors (Lipinski definition) is 3. The molecule has 0 spiro atoms. The Bertz CT molecular complexity index is 525. The van der Waals surface area contributed by atoms with Crippen molar-refractivity contribution >= 4 is 29.9 Å². The molecule has 1 unspecified atom stereocenters. The Balaban J connectivity index is 0.00000676. The van der Waals surface area contributed by atoms with Crippen LogP contribution >= 0.6 is 24.0 Å². The van der Waals surface area contributed by atoms with Crippen LogP contribution in [-0.4, -0.2) is 59.4 Å². The van der Waals surface area contributed by atoms with E-state index in [2.05, 4.69) is 66.0 Å². The van der Waals surface area contributed by atoms with Crippen LogP contribution in [0.15, 0.2) is 11.1 Å². The number of guanidine groups is 1. The second-order valence-corrected chi connectivity index (χ2v) is 6.98. The molecule has 0 aliphatic heterocycles. The summed E-state index contributed by atoms with van der Waals surface area (Å²) in [5.74, 6) is 0.927. The number of nitrogens with zero attached hydrogens (tertiary/aromatic N) is 4. The molecule has 1 aromatic heterocycles. The van der Waals surface area contributed by atoms with E-state index in [1.807, 2.05) is 6.92 Å². The predicted octanol–water partition coefficient (Wildman–Crippen LogP) is 3.57. The van der Waals surface area contributed by atoms with Gasteiger partial charge in [0.1, 0.15) is 0 Å². The summed E-state index contributed by atoms with van der Waals surface area (Å²) in [6, 6.07) is 2.55. The summed E-state index contributed by atoms with van der Waals surface area (Å²) < 4.78 is 2.07. The van der Waals surface area contributed by atoms with Gasteiger partial charge in [0.05, 0.1) is 5.69 Å². The van der Waals surface area contributed by atoms with Crippen LogP contribution in [0, 0.1) is 13.8 Å². The number of nitrogens with one attached hydrogen (secondary N) is 2. The van der Waals surface area contributed by atoms with E-state index in [0.29, 0.717) is 6.04 Å². The summed E-state index contributed by atoms with van der Waals surface area (Å²) >= 11 is 0. The minimum absolute atomic E-state index is 0. The van der Waals surface area contributed by atoms with Crippen LogP contribution in [0.3, 0.4) is 0 Å². The monoisotopic (exact) mass is 492 g/mol. The summed E-state index contributed by atoms with van der Waals surface area (Å²) in [5, 5.41) is 11.4. The molecule has 0 bridgehead atoms. The third-order valence-corrected chi connectivity index (χ3v) is 4.63.